The Kier molecular flexibility index (Phi) is 7.21. The van der Waals surface area contributed by atoms with Crippen LogP contribution < -0.4 is 10.6 Å². The molecule has 0 aliphatic heterocycles. The zero-order valence-electron chi connectivity index (χ0n) is 13.1. The number of halogens is 1. The fraction of sp³-hybridized carbons (Fsp3) is 0.571. The summed E-state index contributed by atoms with van der Waals surface area (Å²) in [6, 6.07) is 0. The number of rotatable bonds is 10. The summed E-state index contributed by atoms with van der Waals surface area (Å²) in [6.07, 6.45) is 4.60. The lowest BCUT2D eigenvalue weighted by molar-refractivity contribution is -0.121. The second-order valence-electron chi connectivity index (χ2n) is 4.89. The van der Waals surface area contributed by atoms with E-state index in [2.05, 4.69) is 41.6 Å². The van der Waals surface area contributed by atoms with Crippen molar-refractivity contribution in [2.24, 2.45) is 0 Å². The SMILES string of the molecule is COCCNc1ncnc2c1cnn2CCNC(=O)CCCBr. The lowest BCUT2D eigenvalue weighted by Crippen LogP contribution is -2.27. The number of aromatic nitrogens is 4. The van der Waals surface area contributed by atoms with Crippen LogP contribution in [0.3, 0.4) is 0 Å². The summed E-state index contributed by atoms with van der Waals surface area (Å²) in [4.78, 5) is 20.1. The number of carbonyl (C=O) groups is 1. The van der Waals surface area contributed by atoms with Crippen molar-refractivity contribution in [2.75, 3.05) is 37.5 Å². The standard InChI is InChI=1S/C14H21BrN6O2/c1-23-8-6-17-13-11-9-20-21(14(11)19-10-18-13)7-5-16-12(22)3-2-4-15/h9-10H,2-8H2,1H3,(H,16,22)(H,17,18,19). The molecule has 0 atom stereocenters. The number of carbonyl (C=O) groups excluding carboxylic acids is 1. The normalized spacial score (nSPS) is 10.9. The molecule has 2 rings (SSSR count). The van der Waals surface area contributed by atoms with E-state index in [0.717, 1.165) is 28.6 Å². The van der Waals surface area contributed by atoms with Gasteiger partial charge in [-0.25, -0.2) is 14.6 Å². The third kappa shape index (κ3) is 5.14. The maximum absolute atomic E-state index is 11.6. The zero-order chi connectivity index (χ0) is 16.5. The van der Waals surface area contributed by atoms with Gasteiger partial charge in [0.25, 0.3) is 0 Å². The Labute approximate surface area is 143 Å². The number of hydrogen-bond donors (Lipinski definition) is 2. The monoisotopic (exact) mass is 384 g/mol. The van der Waals surface area contributed by atoms with Crippen LogP contribution in [0.1, 0.15) is 12.8 Å². The molecule has 9 heteroatoms. The van der Waals surface area contributed by atoms with Gasteiger partial charge < -0.3 is 15.4 Å². The molecule has 0 saturated carbocycles. The molecule has 2 heterocycles. The van der Waals surface area contributed by atoms with Gasteiger partial charge in [0.05, 0.1) is 24.7 Å². The number of nitrogens with zero attached hydrogens (tertiary/aromatic N) is 4. The fourth-order valence-electron chi connectivity index (χ4n) is 2.09. The Balaban J connectivity index is 1.94. The Bertz CT molecular complexity index is 633. The Morgan fingerprint density at radius 2 is 2.26 bits per heavy atom. The van der Waals surface area contributed by atoms with Crippen LogP contribution in [0, 0.1) is 0 Å². The van der Waals surface area contributed by atoms with Crippen LogP contribution in [0.25, 0.3) is 11.0 Å². The minimum Gasteiger partial charge on any atom is -0.383 e. The van der Waals surface area contributed by atoms with Gasteiger partial charge in [0, 0.05) is 32.0 Å². The van der Waals surface area contributed by atoms with Crippen LogP contribution in [-0.2, 0) is 16.1 Å². The molecule has 23 heavy (non-hydrogen) atoms. The van der Waals surface area contributed by atoms with Gasteiger partial charge in [0.1, 0.15) is 12.1 Å². The number of anilines is 1. The van der Waals surface area contributed by atoms with Crippen LogP contribution >= 0.6 is 15.9 Å². The molecule has 0 fully saturated rings. The van der Waals surface area contributed by atoms with Gasteiger partial charge in [-0.15, -0.1) is 0 Å². The van der Waals surface area contributed by atoms with Crippen molar-refractivity contribution in [3.8, 4) is 0 Å². The van der Waals surface area contributed by atoms with Crippen molar-refractivity contribution in [3.63, 3.8) is 0 Å². The number of methoxy groups -OCH3 is 1. The lowest BCUT2D eigenvalue weighted by atomic mass is 10.3. The molecule has 2 aromatic heterocycles. The van der Waals surface area contributed by atoms with Crippen molar-refractivity contribution in [3.05, 3.63) is 12.5 Å². The summed E-state index contributed by atoms with van der Waals surface area (Å²) in [5.74, 6) is 0.789. The van der Waals surface area contributed by atoms with E-state index in [1.54, 1.807) is 18.0 Å². The highest BCUT2D eigenvalue weighted by molar-refractivity contribution is 9.09. The van der Waals surface area contributed by atoms with E-state index in [9.17, 15) is 4.79 Å². The van der Waals surface area contributed by atoms with Crippen molar-refractivity contribution >= 4 is 38.7 Å². The largest absolute Gasteiger partial charge is 0.383 e. The number of ether oxygens (including phenoxy) is 1. The lowest BCUT2D eigenvalue weighted by Gasteiger charge is -2.07. The number of fused-ring (bicyclic) bond motifs is 1. The summed E-state index contributed by atoms with van der Waals surface area (Å²) in [6.45, 7) is 2.35. The van der Waals surface area contributed by atoms with Gasteiger partial charge in [-0.2, -0.15) is 5.10 Å². The smallest absolute Gasteiger partial charge is 0.220 e. The van der Waals surface area contributed by atoms with Gasteiger partial charge >= 0.3 is 0 Å². The molecule has 126 valence electrons. The van der Waals surface area contributed by atoms with Gasteiger partial charge in [0.15, 0.2) is 5.65 Å². The molecule has 2 N–H and O–H groups in total. The third-order valence-corrected chi connectivity index (χ3v) is 3.78. The fourth-order valence-corrected chi connectivity index (χ4v) is 2.37. The van der Waals surface area contributed by atoms with E-state index < -0.39 is 0 Å². The molecule has 0 aliphatic rings. The first-order valence-corrected chi connectivity index (χ1v) is 8.60. The van der Waals surface area contributed by atoms with Crippen LogP contribution in [-0.4, -0.2) is 57.8 Å². The van der Waals surface area contributed by atoms with Gasteiger partial charge in [0.2, 0.25) is 5.91 Å². The average Bonchev–Trinajstić information content (AvgIpc) is 2.97. The van der Waals surface area contributed by atoms with E-state index >= 15 is 0 Å². The Hall–Kier alpha value is -1.74. The highest BCUT2D eigenvalue weighted by atomic mass is 79.9. The second kappa shape index (κ2) is 9.41. The van der Waals surface area contributed by atoms with E-state index in [1.165, 1.54) is 6.33 Å². The molecule has 0 bridgehead atoms. The molecule has 8 nitrogen and oxygen atoms in total. The average molecular weight is 385 g/mol. The van der Waals surface area contributed by atoms with E-state index in [1.807, 2.05) is 0 Å². The first kappa shape index (κ1) is 17.6. The summed E-state index contributed by atoms with van der Waals surface area (Å²) >= 11 is 3.31. The molecule has 0 aliphatic carbocycles. The number of alkyl halides is 1. The Morgan fingerprint density at radius 1 is 1.39 bits per heavy atom. The molecule has 0 unspecified atom stereocenters. The van der Waals surface area contributed by atoms with Gasteiger partial charge in [-0.3, -0.25) is 4.79 Å². The quantitative estimate of drug-likeness (QED) is 0.471. The predicted molar refractivity (Wildman–Crippen MR) is 91.7 cm³/mol. The van der Waals surface area contributed by atoms with Crippen LogP contribution in [0.15, 0.2) is 12.5 Å². The highest BCUT2D eigenvalue weighted by Crippen LogP contribution is 2.18. The number of amides is 1. The minimum atomic E-state index is 0.0532. The molecule has 0 aromatic carbocycles. The third-order valence-electron chi connectivity index (χ3n) is 3.22. The second-order valence-corrected chi connectivity index (χ2v) is 5.68. The molecule has 0 radical (unpaired) electrons. The van der Waals surface area contributed by atoms with Crippen molar-refractivity contribution in [1.29, 1.82) is 0 Å². The first-order chi connectivity index (χ1) is 11.3. The minimum absolute atomic E-state index is 0.0532. The van der Waals surface area contributed by atoms with E-state index in [-0.39, 0.29) is 5.91 Å². The maximum Gasteiger partial charge on any atom is 0.220 e. The van der Waals surface area contributed by atoms with Crippen molar-refractivity contribution < 1.29 is 9.53 Å². The van der Waals surface area contributed by atoms with Crippen molar-refractivity contribution in [2.45, 2.75) is 19.4 Å². The summed E-state index contributed by atoms with van der Waals surface area (Å²) < 4.78 is 6.78. The summed E-state index contributed by atoms with van der Waals surface area (Å²) in [7, 11) is 1.65. The Morgan fingerprint density at radius 3 is 3.04 bits per heavy atom. The summed E-state index contributed by atoms with van der Waals surface area (Å²) in [5, 5.41) is 12.1. The van der Waals surface area contributed by atoms with Crippen LogP contribution in [0.4, 0.5) is 5.82 Å². The molecule has 0 saturated heterocycles. The maximum atomic E-state index is 11.6. The number of nitrogens with one attached hydrogen (secondary N) is 2. The zero-order valence-corrected chi connectivity index (χ0v) is 14.7. The molecular formula is C14H21BrN6O2. The first-order valence-electron chi connectivity index (χ1n) is 7.48. The number of hydrogen-bond acceptors (Lipinski definition) is 6. The highest BCUT2D eigenvalue weighted by Gasteiger charge is 2.09. The topological polar surface area (TPSA) is 94.0 Å². The van der Waals surface area contributed by atoms with E-state index in [4.69, 9.17) is 4.74 Å². The van der Waals surface area contributed by atoms with E-state index in [0.29, 0.717) is 32.7 Å². The van der Waals surface area contributed by atoms with Crippen LogP contribution in [0.2, 0.25) is 0 Å². The predicted octanol–water partition coefficient (Wildman–Crippen LogP) is 1.18. The summed E-state index contributed by atoms with van der Waals surface area (Å²) in [5.41, 5.74) is 0.745. The molecule has 2 aromatic rings. The van der Waals surface area contributed by atoms with Gasteiger partial charge in [-0.1, -0.05) is 15.9 Å². The molecular weight excluding hydrogens is 364 g/mol. The van der Waals surface area contributed by atoms with Crippen LogP contribution in [0.5, 0.6) is 0 Å². The molecule has 0 spiro atoms. The van der Waals surface area contributed by atoms with Crippen molar-refractivity contribution in [1.82, 2.24) is 25.1 Å². The van der Waals surface area contributed by atoms with Gasteiger partial charge in [-0.05, 0) is 6.42 Å². The molecule has 1 amide bonds.